The second-order valence-electron chi connectivity index (χ2n) is 7.40. The summed E-state index contributed by atoms with van der Waals surface area (Å²) in [6.07, 6.45) is 0. The molecule has 0 radical (unpaired) electrons. The monoisotopic (exact) mass is 476 g/mol. The Kier molecular flexibility index (Phi) is 6.44. The van der Waals surface area contributed by atoms with Gasteiger partial charge in [-0.2, -0.15) is 9.78 Å². The van der Waals surface area contributed by atoms with E-state index in [1.807, 2.05) is 42.3 Å². The number of rotatable bonds is 8. The van der Waals surface area contributed by atoms with Crippen molar-refractivity contribution in [1.82, 2.24) is 30.7 Å². The highest BCUT2D eigenvalue weighted by Crippen LogP contribution is 2.20. The molecule has 4 aromatic rings. The number of para-hydroxylation sites is 1. The molecule has 2 aromatic heterocycles. The van der Waals surface area contributed by atoms with Crippen LogP contribution in [-0.2, 0) is 6.54 Å². The molecule has 178 valence electrons. The fraction of sp³-hybridized carbons (Fsp3) is 0.143. The van der Waals surface area contributed by atoms with Gasteiger partial charge in [0.15, 0.2) is 5.69 Å². The Balaban J connectivity index is 1.61. The number of benzene rings is 2. The molecular weight excluding hydrogens is 456 g/mol. The average molecular weight is 476 g/mol. The van der Waals surface area contributed by atoms with Crippen molar-refractivity contribution in [3.63, 3.8) is 0 Å². The molecule has 1 amide bonds. The first kappa shape index (κ1) is 23.0. The van der Waals surface area contributed by atoms with Gasteiger partial charge < -0.3 is 10.6 Å². The third-order valence-electron chi connectivity index (χ3n) is 5.08. The van der Waals surface area contributed by atoms with E-state index in [2.05, 4.69) is 35.8 Å². The number of nitro groups is 1. The van der Waals surface area contributed by atoms with Crippen LogP contribution in [0, 0.1) is 10.1 Å². The lowest BCUT2D eigenvalue weighted by Crippen LogP contribution is -2.25. The van der Waals surface area contributed by atoms with Crippen molar-refractivity contribution in [3.8, 4) is 5.82 Å². The zero-order valence-corrected chi connectivity index (χ0v) is 18.7. The summed E-state index contributed by atoms with van der Waals surface area (Å²) in [6, 6.07) is 15.3. The van der Waals surface area contributed by atoms with E-state index in [4.69, 9.17) is 5.73 Å². The number of carbonyl (C=O) groups is 1. The van der Waals surface area contributed by atoms with Crippen LogP contribution in [0.5, 0.6) is 0 Å². The molecule has 0 aliphatic heterocycles. The molecule has 14 nitrogen and oxygen atoms in total. The van der Waals surface area contributed by atoms with Crippen LogP contribution in [0.1, 0.15) is 28.7 Å². The Morgan fingerprint density at radius 1 is 1.20 bits per heavy atom. The molecule has 0 fully saturated rings. The number of hydrogen-bond acceptors (Lipinski definition) is 11. The lowest BCUT2D eigenvalue weighted by atomic mass is 10.1. The summed E-state index contributed by atoms with van der Waals surface area (Å²) in [5.41, 5.74) is 10.5. The van der Waals surface area contributed by atoms with Crippen molar-refractivity contribution in [1.29, 1.82) is 0 Å². The molecule has 0 spiro atoms. The van der Waals surface area contributed by atoms with Gasteiger partial charge in [0, 0.05) is 24.9 Å². The molecule has 2 aromatic carbocycles. The minimum Gasteiger partial charge on any atom is -0.378 e. The minimum absolute atomic E-state index is 0.00423. The van der Waals surface area contributed by atoms with Gasteiger partial charge in [-0.25, -0.2) is 10.1 Å². The van der Waals surface area contributed by atoms with Crippen molar-refractivity contribution >= 4 is 28.8 Å². The van der Waals surface area contributed by atoms with E-state index in [-0.39, 0.29) is 29.6 Å². The van der Waals surface area contributed by atoms with E-state index in [9.17, 15) is 14.9 Å². The number of carbonyl (C=O) groups excluding carboxylic acids is 1. The van der Waals surface area contributed by atoms with Crippen LogP contribution < -0.4 is 16.1 Å². The van der Waals surface area contributed by atoms with Gasteiger partial charge in [-0.05, 0) is 47.1 Å². The van der Waals surface area contributed by atoms with Crippen LogP contribution in [0.4, 0.5) is 17.2 Å². The van der Waals surface area contributed by atoms with Gasteiger partial charge in [-0.3, -0.25) is 14.9 Å². The predicted octanol–water partition coefficient (Wildman–Crippen LogP) is 1.93. The van der Waals surface area contributed by atoms with Crippen LogP contribution in [0.2, 0.25) is 0 Å². The topological polar surface area (TPSA) is 183 Å². The van der Waals surface area contributed by atoms with E-state index >= 15 is 0 Å². The van der Waals surface area contributed by atoms with Gasteiger partial charge in [0.25, 0.3) is 11.6 Å². The second kappa shape index (κ2) is 9.78. The van der Waals surface area contributed by atoms with Gasteiger partial charge >= 0.3 is 0 Å². The molecule has 3 N–H and O–H groups in total. The van der Waals surface area contributed by atoms with E-state index in [1.54, 1.807) is 19.1 Å². The molecule has 0 atom stereocenters. The number of anilines is 2. The normalized spacial score (nSPS) is 11.3. The maximum atomic E-state index is 13.0. The molecular formula is C21H20N10O4. The Bertz CT molecular complexity index is 1380. The lowest BCUT2D eigenvalue weighted by molar-refractivity contribution is -0.384. The number of aromatic nitrogens is 5. The number of amides is 1. The average Bonchev–Trinajstić information content (AvgIpc) is 3.48. The largest absolute Gasteiger partial charge is 0.378 e. The first-order valence-corrected chi connectivity index (χ1v) is 10.2. The van der Waals surface area contributed by atoms with Crippen molar-refractivity contribution in [2.75, 3.05) is 17.7 Å². The van der Waals surface area contributed by atoms with Gasteiger partial charge in [-0.1, -0.05) is 23.4 Å². The third-order valence-corrected chi connectivity index (χ3v) is 5.08. The van der Waals surface area contributed by atoms with E-state index in [0.29, 0.717) is 17.0 Å². The second-order valence-corrected chi connectivity index (χ2v) is 7.40. The maximum Gasteiger partial charge on any atom is 0.293 e. The fourth-order valence-electron chi connectivity index (χ4n) is 3.20. The van der Waals surface area contributed by atoms with Crippen LogP contribution in [0.3, 0.4) is 0 Å². The molecule has 35 heavy (non-hydrogen) atoms. The first-order chi connectivity index (χ1) is 16.8. The Morgan fingerprint density at radius 3 is 2.54 bits per heavy atom. The molecule has 14 heteroatoms. The highest BCUT2D eigenvalue weighted by Gasteiger charge is 2.25. The summed E-state index contributed by atoms with van der Waals surface area (Å²) in [5.74, 6) is -0.542. The molecule has 0 aliphatic carbocycles. The number of nitrogen functional groups attached to an aromatic ring is 1. The molecule has 0 saturated carbocycles. The predicted molar refractivity (Wildman–Crippen MR) is 125 cm³/mol. The summed E-state index contributed by atoms with van der Waals surface area (Å²) in [4.78, 5) is 25.2. The van der Waals surface area contributed by atoms with Crippen molar-refractivity contribution in [3.05, 3.63) is 81.7 Å². The number of nitro benzene ring substituents is 1. The van der Waals surface area contributed by atoms with Crippen molar-refractivity contribution in [2.45, 2.75) is 13.5 Å². The van der Waals surface area contributed by atoms with E-state index in [1.165, 1.54) is 16.8 Å². The van der Waals surface area contributed by atoms with Gasteiger partial charge in [0.2, 0.25) is 11.6 Å². The van der Waals surface area contributed by atoms with Crippen LogP contribution in [0.15, 0.2) is 64.3 Å². The van der Waals surface area contributed by atoms with Crippen molar-refractivity contribution in [2.24, 2.45) is 5.10 Å². The number of nitrogens with two attached hydrogens (primary N) is 1. The highest BCUT2D eigenvalue weighted by molar-refractivity contribution is 6.00. The highest BCUT2D eigenvalue weighted by atomic mass is 16.6. The van der Waals surface area contributed by atoms with Crippen LogP contribution in [-0.4, -0.2) is 48.9 Å². The first-order valence-electron chi connectivity index (χ1n) is 10.2. The SMILES string of the molecule is CC(=NNC(=O)c1nnn(-c2nonc2N)c1CN(C)c1ccccc1)c1ccc([N+](=O)[O-])cc1. The minimum atomic E-state index is -0.621. The zero-order chi connectivity index (χ0) is 24.9. The van der Waals surface area contributed by atoms with Crippen LogP contribution in [0.25, 0.3) is 5.82 Å². The standard InChI is InChI=1S/C21H20N10O4/c1-13(14-8-10-16(11-9-14)31(33)34)23-25-21(32)18-17(12-29(2)15-6-4-3-5-7-15)30(28-24-18)20-19(22)26-35-27-20/h3-11H,12H2,1-2H3,(H2,22,26)(H,25,32). The molecule has 4 rings (SSSR count). The Morgan fingerprint density at radius 2 is 1.91 bits per heavy atom. The summed E-state index contributed by atoms with van der Waals surface area (Å²) in [6.45, 7) is 1.88. The number of nitrogens with zero attached hydrogens (tertiary/aromatic N) is 8. The van der Waals surface area contributed by atoms with E-state index in [0.717, 1.165) is 5.69 Å². The Hall–Kier alpha value is -5.14. The number of non-ortho nitro benzene ring substituents is 1. The zero-order valence-electron chi connectivity index (χ0n) is 18.7. The summed E-state index contributed by atoms with van der Waals surface area (Å²) in [7, 11) is 1.84. The number of nitrogens with one attached hydrogen (secondary N) is 1. The number of hydrazone groups is 1. The summed E-state index contributed by atoms with van der Waals surface area (Å²) < 4.78 is 5.96. The van der Waals surface area contributed by atoms with Gasteiger partial charge in [0.05, 0.1) is 22.9 Å². The lowest BCUT2D eigenvalue weighted by Gasteiger charge is -2.19. The quantitative estimate of drug-likeness (QED) is 0.216. The van der Waals surface area contributed by atoms with Crippen LogP contribution >= 0.6 is 0 Å². The smallest absolute Gasteiger partial charge is 0.293 e. The molecule has 0 aliphatic rings. The fourth-order valence-corrected chi connectivity index (χ4v) is 3.20. The Labute approximate surface area is 198 Å². The maximum absolute atomic E-state index is 13.0. The summed E-state index contributed by atoms with van der Waals surface area (Å²) in [5, 5.41) is 30.3. The third kappa shape index (κ3) is 4.95. The molecule has 0 bridgehead atoms. The molecule has 0 unspecified atom stereocenters. The van der Waals surface area contributed by atoms with Gasteiger partial charge in [0.1, 0.15) is 0 Å². The van der Waals surface area contributed by atoms with E-state index < -0.39 is 10.8 Å². The molecule has 2 heterocycles. The summed E-state index contributed by atoms with van der Waals surface area (Å²) >= 11 is 0. The molecule has 0 saturated heterocycles. The van der Waals surface area contributed by atoms with Crippen molar-refractivity contribution < 1.29 is 14.3 Å². The van der Waals surface area contributed by atoms with Gasteiger partial charge in [-0.15, -0.1) is 5.10 Å². The number of hydrogen-bond donors (Lipinski definition) is 2.